The van der Waals surface area contributed by atoms with E-state index in [0.29, 0.717) is 0 Å². The Labute approximate surface area is 249 Å². The van der Waals surface area contributed by atoms with Gasteiger partial charge in [-0.25, -0.2) is 9.59 Å². The van der Waals surface area contributed by atoms with E-state index in [-0.39, 0.29) is 11.1 Å². The van der Waals surface area contributed by atoms with E-state index in [9.17, 15) is 19.8 Å². The Hall–Kier alpha value is -5.74. The summed E-state index contributed by atoms with van der Waals surface area (Å²) in [7, 11) is 0. The van der Waals surface area contributed by atoms with Gasteiger partial charge in [0.15, 0.2) is 0 Å². The van der Waals surface area contributed by atoms with Crippen LogP contribution in [0.4, 0.5) is 0 Å². The summed E-state index contributed by atoms with van der Waals surface area (Å²) < 4.78 is 0. The molecule has 0 spiro atoms. The molecule has 0 aliphatic heterocycles. The minimum absolute atomic E-state index is 0.262. The first kappa shape index (κ1) is 26.2. The predicted octanol–water partition coefficient (Wildman–Crippen LogP) is 9.32. The fraction of sp³-hybridized carbons (Fsp3) is 0.0256. The molecule has 1 aliphatic rings. The lowest BCUT2D eigenvalue weighted by molar-refractivity contribution is 0.0686. The molecular weight excluding hydrogens is 532 g/mol. The third-order valence-electron chi connectivity index (χ3n) is 8.24. The van der Waals surface area contributed by atoms with Gasteiger partial charge < -0.3 is 10.2 Å². The SMILES string of the molecule is O=C(O)c1ccc(-c2cccc(-c3ccc4c(c3-c3cccc(-c5ccc(C(=O)O)cc5)c3)Cc3ccccc3-4)c2)cc1. The van der Waals surface area contributed by atoms with Gasteiger partial charge in [-0.3, -0.25) is 0 Å². The second-order valence-electron chi connectivity index (χ2n) is 10.8. The molecule has 206 valence electrons. The van der Waals surface area contributed by atoms with Crippen LogP contribution < -0.4 is 0 Å². The maximum Gasteiger partial charge on any atom is 0.335 e. The smallest absolute Gasteiger partial charge is 0.335 e. The molecule has 0 amide bonds. The Morgan fingerprint density at radius 1 is 0.442 bits per heavy atom. The Bertz CT molecular complexity index is 2040. The molecule has 0 unspecified atom stereocenters. The molecule has 0 saturated carbocycles. The van der Waals surface area contributed by atoms with Crippen molar-refractivity contribution in [2.45, 2.75) is 6.42 Å². The average molecular weight is 559 g/mol. The number of carboxylic acid groups (broad SMARTS) is 2. The lowest BCUT2D eigenvalue weighted by Gasteiger charge is -2.18. The van der Waals surface area contributed by atoms with Crippen molar-refractivity contribution in [2.24, 2.45) is 0 Å². The highest BCUT2D eigenvalue weighted by Gasteiger charge is 2.24. The van der Waals surface area contributed by atoms with Gasteiger partial charge in [-0.2, -0.15) is 0 Å². The third-order valence-corrected chi connectivity index (χ3v) is 8.24. The lowest BCUT2D eigenvalue weighted by Crippen LogP contribution is -1.96. The molecule has 6 aromatic carbocycles. The van der Waals surface area contributed by atoms with Gasteiger partial charge in [0.1, 0.15) is 0 Å². The average Bonchev–Trinajstić information content (AvgIpc) is 3.43. The highest BCUT2D eigenvalue weighted by atomic mass is 16.4. The van der Waals surface area contributed by atoms with Crippen molar-refractivity contribution in [3.05, 3.63) is 156 Å². The first-order chi connectivity index (χ1) is 21.0. The molecule has 0 saturated heterocycles. The lowest BCUT2D eigenvalue weighted by atomic mass is 9.86. The number of carboxylic acids is 2. The monoisotopic (exact) mass is 558 g/mol. The van der Waals surface area contributed by atoms with Crippen LogP contribution in [-0.4, -0.2) is 22.2 Å². The Morgan fingerprint density at radius 2 is 0.953 bits per heavy atom. The molecule has 0 atom stereocenters. The van der Waals surface area contributed by atoms with Gasteiger partial charge in [0.2, 0.25) is 0 Å². The van der Waals surface area contributed by atoms with Crippen molar-refractivity contribution in [3.8, 4) is 55.6 Å². The van der Waals surface area contributed by atoms with Crippen molar-refractivity contribution in [2.75, 3.05) is 0 Å². The van der Waals surface area contributed by atoms with E-state index in [0.717, 1.165) is 45.4 Å². The molecule has 0 bridgehead atoms. The second kappa shape index (κ2) is 10.6. The summed E-state index contributed by atoms with van der Waals surface area (Å²) >= 11 is 0. The second-order valence-corrected chi connectivity index (χ2v) is 10.8. The van der Waals surface area contributed by atoms with Crippen LogP contribution in [0.2, 0.25) is 0 Å². The van der Waals surface area contributed by atoms with Crippen molar-refractivity contribution in [3.63, 3.8) is 0 Å². The van der Waals surface area contributed by atoms with Gasteiger partial charge in [0, 0.05) is 0 Å². The molecule has 1 aliphatic carbocycles. The van der Waals surface area contributed by atoms with Crippen LogP contribution in [0.15, 0.2) is 133 Å². The number of rotatable bonds is 6. The third kappa shape index (κ3) is 4.79. The van der Waals surface area contributed by atoms with Gasteiger partial charge in [-0.15, -0.1) is 0 Å². The maximum absolute atomic E-state index is 11.4. The first-order valence-electron chi connectivity index (χ1n) is 14.1. The summed E-state index contributed by atoms with van der Waals surface area (Å²) in [6, 6.07) is 43.8. The van der Waals surface area contributed by atoms with Crippen molar-refractivity contribution in [1.29, 1.82) is 0 Å². The minimum Gasteiger partial charge on any atom is -0.478 e. The molecule has 7 rings (SSSR count). The van der Waals surface area contributed by atoms with Gasteiger partial charge in [0.25, 0.3) is 0 Å². The van der Waals surface area contributed by atoms with Crippen LogP contribution in [0.5, 0.6) is 0 Å². The Balaban J connectivity index is 1.38. The molecule has 0 radical (unpaired) electrons. The fourth-order valence-corrected chi connectivity index (χ4v) is 6.11. The van der Waals surface area contributed by atoms with Crippen LogP contribution in [0.3, 0.4) is 0 Å². The van der Waals surface area contributed by atoms with Gasteiger partial charge >= 0.3 is 11.9 Å². The minimum atomic E-state index is -0.941. The molecule has 0 aromatic heterocycles. The van der Waals surface area contributed by atoms with Crippen LogP contribution in [0.25, 0.3) is 55.6 Å². The number of aromatic carboxylic acids is 2. The van der Waals surface area contributed by atoms with Crippen LogP contribution in [-0.2, 0) is 6.42 Å². The summed E-state index contributed by atoms with van der Waals surface area (Å²) in [6.07, 6.45) is 0.836. The van der Waals surface area contributed by atoms with E-state index in [1.807, 2.05) is 36.4 Å². The molecule has 43 heavy (non-hydrogen) atoms. The molecule has 4 heteroatoms. The molecule has 6 aromatic rings. The van der Waals surface area contributed by atoms with Crippen LogP contribution >= 0.6 is 0 Å². The van der Waals surface area contributed by atoms with E-state index in [1.165, 1.54) is 27.8 Å². The van der Waals surface area contributed by atoms with E-state index in [2.05, 4.69) is 72.8 Å². The predicted molar refractivity (Wildman–Crippen MR) is 170 cm³/mol. The van der Waals surface area contributed by atoms with Crippen molar-refractivity contribution in [1.82, 2.24) is 0 Å². The summed E-state index contributed by atoms with van der Waals surface area (Å²) in [5, 5.41) is 18.7. The maximum atomic E-state index is 11.4. The zero-order valence-electron chi connectivity index (χ0n) is 23.1. The van der Waals surface area contributed by atoms with Gasteiger partial charge in [0.05, 0.1) is 11.1 Å². The summed E-state index contributed by atoms with van der Waals surface area (Å²) in [5.41, 5.74) is 14.0. The van der Waals surface area contributed by atoms with Gasteiger partial charge in [-0.1, -0.05) is 97.1 Å². The van der Waals surface area contributed by atoms with Crippen LogP contribution in [0.1, 0.15) is 31.8 Å². The van der Waals surface area contributed by atoms with E-state index in [4.69, 9.17) is 0 Å². The number of benzene rings is 6. The number of hydrogen-bond acceptors (Lipinski definition) is 2. The zero-order chi connectivity index (χ0) is 29.5. The zero-order valence-corrected chi connectivity index (χ0v) is 23.1. The number of fused-ring (bicyclic) bond motifs is 3. The Kier molecular flexibility index (Phi) is 6.44. The molecule has 4 nitrogen and oxygen atoms in total. The molecular formula is C39H26O4. The quantitative estimate of drug-likeness (QED) is 0.213. The van der Waals surface area contributed by atoms with Gasteiger partial charge in [-0.05, 0) is 110 Å². The highest BCUT2D eigenvalue weighted by Crippen LogP contribution is 2.46. The summed E-state index contributed by atoms with van der Waals surface area (Å²) in [6.45, 7) is 0. The number of carbonyl (C=O) groups is 2. The van der Waals surface area contributed by atoms with E-state index < -0.39 is 11.9 Å². The standard InChI is InChI=1S/C39H26O4/c40-38(41)26-15-11-24(12-16-26)28-6-3-8-30(21-28)34-19-20-35-33-10-2-1-5-31(33)23-36(35)37(34)32-9-4-7-29(22-32)25-13-17-27(18-14-25)39(42)43/h1-22H,23H2,(H,40,41)(H,42,43). The fourth-order valence-electron chi connectivity index (χ4n) is 6.11. The van der Waals surface area contributed by atoms with E-state index in [1.54, 1.807) is 24.3 Å². The van der Waals surface area contributed by atoms with Crippen molar-refractivity contribution >= 4 is 11.9 Å². The normalized spacial score (nSPS) is 11.5. The molecule has 0 fully saturated rings. The van der Waals surface area contributed by atoms with Crippen molar-refractivity contribution < 1.29 is 19.8 Å². The number of hydrogen-bond donors (Lipinski definition) is 2. The van der Waals surface area contributed by atoms with E-state index >= 15 is 0 Å². The highest BCUT2D eigenvalue weighted by molar-refractivity contribution is 5.95. The molecule has 2 N–H and O–H groups in total. The molecule has 0 heterocycles. The van der Waals surface area contributed by atoms with Crippen LogP contribution in [0, 0.1) is 0 Å². The largest absolute Gasteiger partial charge is 0.478 e. The summed E-state index contributed by atoms with van der Waals surface area (Å²) in [4.78, 5) is 22.8. The first-order valence-corrected chi connectivity index (χ1v) is 14.1. The summed E-state index contributed by atoms with van der Waals surface area (Å²) in [5.74, 6) is -1.88. The Morgan fingerprint density at radius 3 is 1.56 bits per heavy atom. The topological polar surface area (TPSA) is 74.6 Å².